The zero-order valence-corrected chi connectivity index (χ0v) is 13.2. The summed E-state index contributed by atoms with van der Waals surface area (Å²) in [6.07, 6.45) is 1.11. The van der Waals surface area contributed by atoms with Crippen molar-refractivity contribution in [3.8, 4) is 0 Å². The molecule has 0 saturated carbocycles. The lowest BCUT2D eigenvalue weighted by molar-refractivity contribution is 0.257. The van der Waals surface area contributed by atoms with Crippen LogP contribution in [0.4, 0.5) is 4.39 Å². The normalized spacial score (nSPS) is 18.8. The Morgan fingerprint density at radius 2 is 1.90 bits per heavy atom. The van der Waals surface area contributed by atoms with Crippen molar-refractivity contribution in [2.45, 2.75) is 29.5 Å². The summed E-state index contributed by atoms with van der Waals surface area (Å²) >= 11 is 1.95. The first-order valence-corrected chi connectivity index (χ1v) is 8.22. The van der Waals surface area contributed by atoms with E-state index < -0.39 is 0 Å². The highest BCUT2D eigenvalue weighted by atomic mass is 32.2. The molecule has 0 N–H and O–H groups in total. The van der Waals surface area contributed by atoms with Crippen molar-refractivity contribution in [1.82, 2.24) is 4.90 Å². The average molecular weight is 301 g/mol. The highest BCUT2D eigenvalue weighted by Crippen LogP contribution is 2.37. The fourth-order valence-electron chi connectivity index (χ4n) is 2.89. The number of hydrogen-bond donors (Lipinski definition) is 0. The third-order valence-corrected chi connectivity index (χ3v) is 5.52. The van der Waals surface area contributed by atoms with Crippen LogP contribution in [-0.4, -0.2) is 23.7 Å². The summed E-state index contributed by atoms with van der Waals surface area (Å²) in [6.45, 7) is 3.04. The van der Waals surface area contributed by atoms with Gasteiger partial charge in [0.1, 0.15) is 5.82 Å². The molecule has 0 fully saturated rings. The van der Waals surface area contributed by atoms with E-state index in [0.717, 1.165) is 18.5 Å². The van der Waals surface area contributed by atoms with Crippen LogP contribution in [0.1, 0.15) is 24.1 Å². The number of thioether (sulfide) groups is 1. The van der Waals surface area contributed by atoms with Crippen molar-refractivity contribution < 1.29 is 4.39 Å². The van der Waals surface area contributed by atoms with Crippen LogP contribution in [0.3, 0.4) is 0 Å². The molecule has 0 aromatic heterocycles. The van der Waals surface area contributed by atoms with Crippen LogP contribution in [0.15, 0.2) is 53.4 Å². The second-order valence-corrected chi connectivity index (χ2v) is 7.03. The zero-order chi connectivity index (χ0) is 14.8. The fourth-order valence-corrected chi connectivity index (χ4v) is 4.28. The second kappa shape index (κ2) is 6.20. The number of halogens is 1. The smallest absolute Gasteiger partial charge is 0.127 e. The second-order valence-electron chi connectivity index (χ2n) is 5.69. The zero-order valence-electron chi connectivity index (χ0n) is 12.4. The Bertz CT molecular complexity index is 603. The molecule has 2 aromatic rings. The summed E-state index contributed by atoms with van der Waals surface area (Å²) in [5.74, 6) is -0.112. The van der Waals surface area contributed by atoms with E-state index in [-0.39, 0.29) is 11.9 Å². The Labute approximate surface area is 130 Å². The predicted molar refractivity (Wildman–Crippen MR) is 87.2 cm³/mol. The lowest BCUT2D eigenvalue weighted by Gasteiger charge is -2.27. The van der Waals surface area contributed by atoms with Crippen molar-refractivity contribution in [3.05, 3.63) is 65.5 Å². The monoisotopic (exact) mass is 301 g/mol. The first-order valence-electron chi connectivity index (χ1n) is 7.34. The molecular formula is C18H20FNS. The summed E-state index contributed by atoms with van der Waals surface area (Å²) in [5.41, 5.74) is 2.22. The van der Waals surface area contributed by atoms with Gasteiger partial charge < -0.3 is 0 Å². The van der Waals surface area contributed by atoms with Gasteiger partial charge in [-0.1, -0.05) is 36.4 Å². The van der Waals surface area contributed by atoms with E-state index in [1.54, 1.807) is 12.1 Å². The van der Waals surface area contributed by atoms with Gasteiger partial charge in [0.15, 0.2) is 0 Å². The molecule has 1 aliphatic heterocycles. The van der Waals surface area contributed by atoms with Crippen LogP contribution < -0.4 is 0 Å². The molecule has 3 rings (SSSR count). The van der Waals surface area contributed by atoms with Gasteiger partial charge in [-0.25, -0.2) is 4.39 Å². The van der Waals surface area contributed by atoms with Crippen molar-refractivity contribution in [1.29, 1.82) is 0 Å². The minimum absolute atomic E-state index is 0.0931. The van der Waals surface area contributed by atoms with Crippen molar-refractivity contribution in [3.63, 3.8) is 0 Å². The van der Waals surface area contributed by atoms with Crippen LogP contribution in [-0.2, 0) is 6.42 Å². The number of fused-ring (bicyclic) bond motifs is 1. The predicted octanol–water partition coefficient (Wildman–Crippen LogP) is 4.54. The fraction of sp³-hybridized carbons (Fsp3) is 0.333. The molecule has 2 unspecified atom stereocenters. The van der Waals surface area contributed by atoms with E-state index in [2.05, 4.69) is 43.1 Å². The molecule has 0 aliphatic carbocycles. The molecule has 0 amide bonds. The molecular weight excluding hydrogens is 281 g/mol. The lowest BCUT2D eigenvalue weighted by atomic mass is 10.1. The summed E-state index contributed by atoms with van der Waals surface area (Å²) in [7, 11) is 2.08. The molecule has 1 heterocycles. The van der Waals surface area contributed by atoms with Gasteiger partial charge in [-0.15, -0.1) is 11.8 Å². The van der Waals surface area contributed by atoms with Gasteiger partial charge >= 0.3 is 0 Å². The van der Waals surface area contributed by atoms with E-state index in [0.29, 0.717) is 5.25 Å². The first kappa shape index (κ1) is 14.6. The maximum Gasteiger partial charge on any atom is 0.127 e. The first-order chi connectivity index (χ1) is 10.1. The highest BCUT2D eigenvalue weighted by molar-refractivity contribution is 8.00. The summed E-state index contributed by atoms with van der Waals surface area (Å²) < 4.78 is 13.9. The van der Waals surface area contributed by atoms with Crippen molar-refractivity contribution in [2.24, 2.45) is 0 Å². The van der Waals surface area contributed by atoms with Gasteiger partial charge in [0.05, 0.1) is 0 Å². The van der Waals surface area contributed by atoms with Gasteiger partial charge in [-0.3, -0.25) is 4.90 Å². The number of hydrogen-bond acceptors (Lipinski definition) is 2. The van der Waals surface area contributed by atoms with Crippen LogP contribution in [0.5, 0.6) is 0 Å². The summed E-state index contributed by atoms with van der Waals surface area (Å²) in [4.78, 5) is 3.65. The molecule has 1 nitrogen and oxygen atoms in total. The minimum atomic E-state index is -0.112. The van der Waals surface area contributed by atoms with Crippen LogP contribution in [0, 0.1) is 5.82 Å². The number of nitrogens with zero attached hydrogens (tertiary/aromatic N) is 1. The molecule has 0 radical (unpaired) electrons. The molecule has 1 aliphatic rings. The van der Waals surface area contributed by atoms with E-state index in [1.165, 1.54) is 10.5 Å². The van der Waals surface area contributed by atoms with Gasteiger partial charge in [0.25, 0.3) is 0 Å². The molecule has 0 spiro atoms. The lowest BCUT2D eigenvalue weighted by Crippen LogP contribution is -2.30. The Kier molecular flexibility index (Phi) is 4.32. The Morgan fingerprint density at radius 1 is 1.19 bits per heavy atom. The molecule has 21 heavy (non-hydrogen) atoms. The number of rotatable bonds is 4. The van der Waals surface area contributed by atoms with E-state index in [1.807, 2.05) is 23.9 Å². The van der Waals surface area contributed by atoms with Crippen LogP contribution >= 0.6 is 11.8 Å². The third-order valence-electron chi connectivity index (χ3n) is 4.22. The topological polar surface area (TPSA) is 3.24 Å². The van der Waals surface area contributed by atoms with Crippen LogP contribution in [0.2, 0.25) is 0 Å². The van der Waals surface area contributed by atoms with Crippen molar-refractivity contribution >= 4 is 11.8 Å². The molecule has 2 atom stereocenters. The molecule has 110 valence electrons. The Balaban J connectivity index is 1.65. The van der Waals surface area contributed by atoms with Gasteiger partial charge in [0.2, 0.25) is 0 Å². The summed E-state index contributed by atoms with van der Waals surface area (Å²) in [5, 5.41) is 0.557. The SMILES string of the molecule is CC(c1ccccc1F)N(C)CC1Cc2ccccc2S1. The number of benzene rings is 2. The Morgan fingerprint density at radius 3 is 2.67 bits per heavy atom. The minimum Gasteiger partial charge on any atom is -0.298 e. The highest BCUT2D eigenvalue weighted by Gasteiger charge is 2.25. The third kappa shape index (κ3) is 3.14. The molecule has 2 aromatic carbocycles. The van der Waals surface area contributed by atoms with E-state index in [4.69, 9.17) is 0 Å². The maximum atomic E-state index is 13.9. The molecule has 0 bridgehead atoms. The summed E-state index contributed by atoms with van der Waals surface area (Å²) in [6, 6.07) is 15.8. The van der Waals surface area contributed by atoms with E-state index >= 15 is 0 Å². The van der Waals surface area contributed by atoms with Gasteiger partial charge in [-0.05, 0) is 38.1 Å². The van der Waals surface area contributed by atoms with Crippen molar-refractivity contribution in [2.75, 3.05) is 13.6 Å². The van der Waals surface area contributed by atoms with Crippen LogP contribution in [0.25, 0.3) is 0 Å². The molecule has 3 heteroatoms. The van der Waals surface area contributed by atoms with Gasteiger partial charge in [-0.2, -0.15) is 0 Å². The quantitative estimate of drug-likeness (QED) is 0.816. The van der Waals surface area contributed by atoms with Gasteiger partial charge in [0, 0.05) is 28.3 Å². The Hall–Kier alpha value is -1.32. The molecule has 0 saturated heterocycles. The van der Waals surface area contributed by atoms with E-state index in [9.17, 15) is 4.39 Å². The maximum absolute atomic E-state index is 13.9. The largest absolute Gasteiger partial charge is 0.298 e. The standard InChI is InChI=1S/C18H20FNS/c1-13(16-8-4-5-9-17(16)19)20(2)12-15-11-14-7-3-6-10-18(14)21-15/h3-10,13,15H,11-12H2,1-2H3. The average Bonchev–Trinajstić information content (AvgIpc) is 2.89.